The first-order valence-electron chi connectivity index (χ1n) is 10.2. The van der Waals surface area contributed by atoms with Crippen molar-refractivity contribution in [3.63, 3.8) is 0 Å². The van der Waals surface area contributed by atoms with Gasteiger partial charge in [-0.3, -0.25) is 4.90 Å². The highest BCUT2D eigenvalue weighted by Gasteiger charge is 2.34. The lowest BCUT2D eigenvalue weighted by atomic mass is 10.1. The Bertz CT molecular complexity index is 830. The van der Waals surface area contributed by atoms with Gasteiger partial charge in [0.1, 0.15) is 17.6 Å². The maximum atomic E-state index is 14.9. The predicted molar refractivity (Wildman–Crippen MR) is 108 cm³/mol. The zero-order chi connectivity index (χ0) is 22.5. The first-order chi connectivity index (χ1) is 14.8. The van der Waals surface area contributed by atoms with Crippen LogP contribution < -0.4 is 15.2 Å². The van der Waals surface area contributed by atoms with E-state index in [0.29, 0.717) is 6.42 Å². The molecule has 2 heterocycles. The summed E-state index contributed by atoms with van der Waals surface area (Å²) in [4.78, 5) is 37.8. The molecule has 2 fully saturated rings. The van der Waals surface area contributed by atoms with Crippen LogP contribution in [0.2, 0.25) is 0 Å². The van der Waals surface area contributed by atoms with E-state index in [-0.39, 0.29) is 62.9 Å². The van der Waals surface area contributed by atoms with Crippen LogP contribution in [0.1, 0.15) is 26.7 Å². The lowest BCUT2D eigenvalue weighted by molar-refractivity contribution is -0.117. The summed E-state index contributed by atoms with van der Waals surface area (Å²) in [5.74, 6) is -1.66. The predicted octanol–water partition coefficient (Wildman–Crippen LogP) is 2.44. The van der Waals surface area contributed by atoms with E-state index < -0.39 is 29.9 Å². The molecule has 0 spiro atoms. The number of ketones is 1. The number of nitrogens with zero attached hydrogens (tertiary/aromatic N) is 3. The minimum atomic E-state index is -0.820. The quantitative estimate of drug-likeness (QED) is 0.727. The molecule has 0 aromatic heterocycles. The number of carbonyl (C=O) groups excluding carboxylic acids is 3. The Labute approximate surface area is 178 Å². The van der Waals surface area contributed by atoms with Gasteiger partial charge in [0.15, 0.2) is 11.6 Å². The number of halogens is 2. The maximum absolute atomic E-state index is 14.9. The van der Waals surface area contributed by atoms with Crippen molar-refractivity contribution < 1.29 is 32.6 Å². The van der Waals surface area contributed by atoms with Crippen molar-refractivity contribution in [1.82, 2.24) is 10.4 Å². The molecular weight excluding hydrogens is 414 g/mol. The standard InChI is InChI=1S/C20H26F2N4O5/c1-3-30-20(29)26-9-8-24(7-6-23-26)18-16(21)10-14(11-17(18)22)25-12-15(31-19(25)28)5-4-13(2)27/h10-11,15,23H,3-9,12H2,1-2H3/t15-/m0/s1. The molecule has 170 valence electrons. The van der Waals surface area contributed by atoms with Gasteiger partial charge >= 0.3 is 12.2 Å². The number of carbonyl (C=O) groups is 3. The molecule has 0 unspecified atom stereocenters. The number of hydrazine groups is 1. The highest BCUT2D eigenvalue weighted by atomic mass is 19.1. The SMILES string of the molecule is CCOC(=O)N1CCN(c2c(F)cc(N3C[C@H](CCC(C)=O)OC3=O)cc2F)CCN1. The Morgan fingerprint density at radius 3 is 2.58 bits per heavy atom. The van der Waals surface area contributed by atoms with Crippen LogP contribution in [0.5, 0.6) is 0 Å². The monoisotopic (exact) mass is 440 g/mol. The van der Waals surface area contributed by atoms with Gasteiger partial charge in [-0.15, -0.1) is 0 Å². The number of anilines is 2. The van der Waals surface area contributed by atoms with Crippen molar-refractivity contribution in [3.05, 3.63) is 23.8 Å². The summed E-state index contributed by atoms with van der Waals surface area (Å²) >= 11 is 0. The van der Waals surface area contributed by atoms with E-state index in [0.717, 1.165) is 17.0 Å². The van der Waals surface area contributed by atoms with Gasteiger partial charge in [0.2, 0.25) is 0 Å². The lowest BCUT2D eigenvalue weighted by Gasteiger charge is -2.24. The Morgan fingerprint density at radius 2 is 1.94 bits per heavy atom. The average Bonchev–Trinajstić information content (AvgIpc) is 2.91. The van der Waals surface area contributed by atoms with E-state index in [1.54, 1.807) is 6.92 Å². The highest BCUT2D eigenvalue weighted by molar-refractivity contribution is 5.90. The molecule has 1 aromatic carbocycles. The van der Waals surface area contributed by atoms with Crippen molar-refractivity contribution >= 4 is 29.3 Å². The molecule has 0 bridgehead atoms. The van der Waals surface area contributed by atoms with Crippen LogP contribution in [0.3, 0.4) is 0 Å². The van der Waals surface area contributed by atoms with E-state index in [1.807, 2.05) is 0 Å². The Kier molecular flexibility index (Phi) is 7.26. The molecule has 1 atom stereocenters. The third kappa shape index (κ3) is 5.40. The third-order valence-corrected chi connectivity index (χ3v) is 5.09. The molecule has 0 saturated carbocycles. The number of rotatable bonds is 6. The minimum Gasteiger partial charge on any atom is -0.449 e. The Morgan fingerprint density at radius 1 is 1.23 bits per heavy atom. The second-order valence-corrected chi connectivity index (χ2v) is 7.36. The smallest absolute Gasteiger partial charge is 0.424 e. The van der Waals surface area contributed by atoms with Gasteiger partial charge in [0, 0.05) is 38.2 Å². The fourth-order valence-corrected chi connectivity index (χ4v) is 3.57. The maximum Gasteiger partial charge on any atom is 0.424 e. The van der Waals surface area contributed by atoms with Gasteiger partial charge < -0.3 is 19.2 Å². The van der Waals surface area contributed by atoms with Gasteiger partial charge in [-0.1, -0.05) is 0 Å². The number of Topliss-reactive ketones (excluding diaryl/α,β-unsaturated/α-hetero) is 1. The number of hydrogen-bond acceptors (Lipinski definition) is 7. The van der Waals surface area contributed by atoms with Crippen molar-refractivity contribution in [2.24, 2.45) is 0 Å². The molecule has 2 amide bonds. The second-order valence-electron chi connectivity index (χ2n) is 7.36. The first kappa shape index (κ1) is 22.7. The largest absolute Gasteiger partial charge is 0.449 e. The Hall–Kier alpha value is -2.95. The van der Waals surface area contributed by atoms with Crippen molar-refractivity contribution in [1.29, 1.82) is 0 Å². The highest BCUT2D eigenvalue weighted by Crippen LogP contribution is 2.31. The van der Waals surface area contributed by atoms with Crippen LogP contribution >= 0.6 is 0 Å². The van der Waals surface area contributed by atoms with Gasteiger partial charge in [0.05, 0.1) is 25.4 Å². The van der Waals surface area contributed by atoms with Gasteiger partial charge in [-0.25, -0.2) is 28.8 Å². The van der Waals surface area contributed by atoms with Crippen molar-refractivity contribution in [2.45, 2.75) is 32.8 Å². The second kappa shape index (κ2) is 9.90. The van der Waals surface area contributed by atoms with Crippen LogP contribution in [0, 0.1) is 11.6 Å². The summed E-state index contributed by atoms with van der Waals surface area (Å²) in [6, 6.07) is 2.18. The number of nitrogens with one attached hydrogen (secondary N) is 1. The molecular formula is C20H26F2N4O5. The fraction of sp³-hybridized carbons (Fsp3) is 0.550. The van der Waals surface area contributed by atoms with Gasteiger partial charge in [0.25, 0.3) is 0 Å². The lowest BCUT2D eigenvalue weighted by Crippen LogP contribution is -2.43. The first-order valence-corrected chi connectivity index (χ1v) is 10.2. The summed E-state index contributed by atoms with van der Waals surface area (Å²) in [5.41, 5.74) is 2.70. The Balaban J connectivity index is 1.71. The number of ether oxygens (including phenoxy) is 2. The van der Waals surface area contributed by atoms with Crippen LogP contribution in [-0.2, 0) is 14.3 Å². The summed E-state index contributed by atoms with van der Waals surface area (Å²) in [6.45, 7) is 4.40. The molecule has 1 N–H and O–H groups in total. The van der Waals surface area contributed by atoms with Crippen LogP contribution in [-0.4, -0.2) is 68.4 Å². The van der Waals surface area contributed by atoms with Gasteiger partial charge in [-0.05, 0) is 20.3 Å². The fourth-order valence-electron chi connectivity index (χ4n) is 3.57. The van der Waals surface area contributed by atoms with E-state index >= 15 is 0 Å². The van der Waals surface area contributed by atoms with Crippen LogP contribution in [0.25, 0.3) is 0 Å². The number of benzene rings is 1. The number of cyclic esters (lactones) is 1. The summed E-state index contributed by atoms with van der Waals surface area (Å²) < 4.78 is 39.9. The molecule has 0 radical (unpaired) electrons. The molecule has 2 aliphatic rings. The number of amides is 2. The topological polar surface area (TPSA) is 91.4 Å². The van der Waals surface area contributed by atoms with Gasteiger partial charge in [-0.2, -0.15) is 0 Å². The molecule has 2 aliphatic heterocycles. The third-order valence-electron chi connectivity index (χ3n) is 5.09. The van der Waals surface area contributed by atoms with Crippen molar-refractivity contribution in [3.8, 4) is 0 Å². The van der Waals surface area contributed by atoms with E-state index in [9.17, 15) is 23.2 Å². The molecule has 2 saturated heterocycles. The molecule has 11 heteroatoms. The van der Waals surface area contributed by atoms with E-state index in [4.69, 9.17) is 9.47 Å². The molecule has 0 aliphatic carbocycles. The molecule has 1 aromatic rings. The molecule has 9 nitrogen and oxygen atoms in total. The molecule has 3 rings (SSSR count). The minimum absolute atomic E-state index is 0.0237. The summed E-state index contributed by atoms with van der Waals surface area (Å²) in [5, 5.41) is 1.27. The van der Waals surface area contributed by atoms with E-state index in [2.05, 4.69) is 5.43 Å². The zero-order valence-corrected chi connectivity index (χ0v) is 17.5. The van der Waals surface area contributed by atoms with Crippen LogP contribution in [0.15, 0.2) is 12.1 Å². The van der Waals surface area contributed by atoms with Crippen LogP contribution in [0.4, 0.5) is 29.7 Å². The molecule has 31 heavy (non-hydrogen) atoms. The average molecular weight is 440 g/mol. The summed E-state index contributed by atoms with van der Waals surface area (Å²) in [6.07, 6.45) is -1.14. The number of hydrogen-bond donors (Lipinski definition) is 1. The summed E-state index contributed by atoms with van der Waals surface area (Å²) in [7, 11) is 0. The zero-order valence-electron chi connectivity index (χ0n) is 17.5. The van der Waals surface area contributed by atoms with Crippen molar-refractivity contribution in [2.75, 3.05) is 49.1 Å². The van der Waals surface area contributed by atoms with E-state index in [1.165, 1.54) is 16.8 Å². The normalized spacial score (nSPS) is 19.3.